The number of rotatable bonds is 5. The van der Waals surface area contributed by atoms with E-state index in [4.69, 9.17) is 4.74 Å². The van der Waals surface area contributed by atoms with Crippen molar-refractivity contribution in [3.63, 3.8) is 0 Å². The maximum Gasteiger partial charge on any atom is 0.312 e. The fraction of sp³-hybridized carbons (Fsp3) is 0.474. The molecule has 1 aliphatic carbocycles. The van der Waals surface area contributed by atoms with Gasteiger partial charge in [0.2, 0.25) is 17.7 Å². The van der Waals surface area contributed by atoms with Gasteiger partial charge in [-0.2, -0.15) is 0 Å². The van der Waals surface area contributed by atoms with Crippen LogP contribution in [0.15, 0.2) is 24.3 Å². The van der Waals surface area contributed by atoms with Gasteiger partial charge in [0.05, 0.1) is 18.3 Å². The lowest BCUT2D eigenvalue weighted by atomic mass is 9.81. The lowest BCUT2D eigenvalue weighted by molar-refractivity contribution is -0.141. The van der Waals surface area contributed by atoms with E-state index in [-0.39, 0.29) is 42.5 Å². The monoisotopic (exact) mass is 358 g/mol. The van der Waals surface area contributed by atoms with Gasteiger partial charge in [0.25, 0.3) is 0 Å². The summed E-state index contributed by atoms with van der Waals surface area (Å²) in [5.41, 5.74) is 0.605. The highest BCUT2D eigenvalue weighted by molar-refractivity contribution is 6.05. The van der Waals surface area contributed by atoms with E-state index in [1.165, 1.54) is 11.8 Å². The minimum atomic E-state index is -0.507. The van der Waals surface area contributed by atoms with Crippen LogP contribution < -0.4 is 10.1 Å². The van der Waals surface area contributed by atoms with Crippen molar-refractivity contribution in [2.24, 2.45) is 11.8 Å². The van der Waals surface area contributed by atoms with Crippen molar-refractivity contribution in [2.45, 2.75) is 39.0 Å². The third-order valence-electron chi connectivity index (χ3n) is 4.88. The Morgan fingerprint density at radius 1 is 1.08 bits per heavy atom. The van der Waals surface area contributed by atoms with Crippen LogP contribution in [0, 0.1) is 11.8 Å². The number of likely N-dealkylation sites (tertiary alicyclic amines) is 1. The van der Waals surface area contributed by atoms with Gasteiger partial charge >= 0.3 is 5.97 Å². The van der Waals surface area contributed by atoms with Gasteiger partial charge in [-0.05, 0) is 37.1 Å². The number of nitrogens with zero attached hydrogens (tertiary/aromatic N) is 1. The van der Waals surface area contributed by atoms with Crippen molar-refractivity contribution < 1.29 is 23.9 Å². The molecule has 1 saturated heterocycles. The highest BCUT2D eigenvalue weighted by Crippen LogP contribution is 2.37. The van der Waals surface area contributed by atoms with Crippen LogP contribution in [0.3, 0.4) is 0 Å². The summed E-state index contributed by atoms with van der Waals surface area (Å²) in [5.74, 6) is -1.04. The Labute approximate surface area is 151 Å². The fourth-order valence-electron chi connectivity index (χ4n) is 3.65. The lowest BCUT2D eigenvalue weighted by Gasteiger charge is -2.19. The molecule has 7 nitrogen and oxygen atoms in total. The zero-order chi connectivity index (χ0) is 18.7. The minimum absolute atomic E-state index is 0.0373. The zero-order valence-corrected chi connectivity index (χ0v) is 14.7. The van der Waals surface area contributed by atoms with Gasteiger partial charge in [-0.15, -0.1) is 0 Å². The van der Waals surface area contributed by atoms with E-state index in [9.17, 15) is 19.2 Å². The van der Waals surface area contributed by atoms with Crippen LogP contribution >= 0.6 is 0 Å². The van der Waals surface area contributed by atoms with Crippen LogP contribution in [0.5, 0.6) is 5.75 Å². The van der Waals surface area contributed by atoms with Crippen molar-refractivity contribution in [3.8, 4) is 5.75 Å². The zero-order valence-electron chi connectivity index (χ0n) is 14.7. The quantitative estimate of drug-likeness (QED) is 0.494. The number of hydrogen-bond donors (Lipinski definition) is 1. The molecule has 26 heavy (non-hydrogen) atoms. The first-order valence-corrected chi connectivity index (χ1v) is 8.89. The van der Waals surface area contributed by atoms with E-state index >= 15 is 0 Å². The van der Waals surface area contributed by atoms with Gasteiger partial charge in [0, 0.05) is 19.2 Å². The van der Waals surface area contributed by atoms with E-state index in [2.05, 4.69) is 5.32 Å². The van der Waals surface area contributed by atoms with Crippen molar-refractivity contribution in [1.29, 1.82) is 0 Å². The molecule has 1 N–H and O–H groups in total. The molecule has 1 aromatic rings. The molecule has 0 unspecified atom stereocenters. The molecule has 3 rings (SSSR count). The molecule has 0 radical (unpaired) electrons. The topological polar surface area (TPSA) is 92.8 Å². The number of anilines is 1. The number of carbonyl (C=O) groups is 4. The average molecular weight is 358 g/mol. The van der Waals surface area contributed by atoms with Crippen LogP contribution in [-0.4, -0.2) is 35.1 Å². The van der Waals surface area contributed by atoms with Crippen LogP contribution in [0.1, 0.15) is 39.0 Å². The third kappa shape index (κ3) is 3.92. The van der Waals surface area contributed by atoms with Gasteiger partial charge in [-0.3, -0.25) is 24.1 Å². The molecule has 3 amide bonds. The number of nitrogens with one attached hydrogen (secondary N) is 1. The molecule has 0 aromatic heterocycles. The highest BCUT2D eigenvalue weighted by atomic mass is 16.5. The summed E-state index contributed by atoms with van der Waals surface area (Å²) in [7, 11) is 0. The number of carbonyl (C=O) groups excluding carboxylic acids is 4. The molecule has 2 fully saturated rings. The van der Waals surface area contributed by atoms with E-state index in [0.29, 0.717) is 11.4 Å². The van der Waals surface area contributed by atoms with Crippen LogP contribution in [0.4, 0.5) is 5.69 Å². The van der Waals surface area contributed by atoms with Crippen LogP contribution in [0.2, 0.25) is 0 Å². The van der Waals surface area contributed by atoms with Crippen molar-refractivity contribution in [2.75, 3.05) is 11.9 Å². The van der Waals surface area contributed by atoms with Gasteiger partial charge in [-0.25, -0.2) is 0 Å². The number of fused-ring (bicyclic) bond motifs is 1. The second-order valence-corrected chi connectivity index (χ2v) is 6.76. The molecule has 0 spiro atoms. The number of ether oxygens (including phenoxy) is 1. The highest BCUT2D eigenvalue weighted by Gasteiger charge is 2.47. The Balaban J connectivity index is 1.52. The standard InChI is InChI=1S/C19H22N2O5/c1-12(22)20-13-6-8-14(9-7-13)26-17(23)10-11-21-18(24)15-4-2-3-5-16(15)19(21)25/h6-9,15-16H,2-5,10-11H2,1H3,(H,20,22)/t15-,16-/m0/s1. The number of amides is 3. The summed E-state index contributed by atoms with van der Waals surface area (Å²) in [6, 6.07) is 6.40. The Morgan fingerprint density at radius 3 is 2.19 bits per heavy atom. The Hall–Kier alpha value is -2.70. The molecular weight excluding hydrogens is 336 g/mol. The normalized spacial score (nSPS) is 22.1. The summed E-state index contributed by atoms with van der Waals surface area (Å²) in [4.78, 5) is 48.9. The van der Waals surface area contributed by atoms with E-state index in [0.717, 1.165) is 25.7 Å². The van der Waals surface area contributed by atoms with Crippen LogP contribution in [0.25, 0.3) is 0 Å². The SMILES string of the molecule is CC(=O)Nc1ccc(OC(=O)CCN2C(=O)[C@H]3CCCC[C@@H]3C2=O)cc1. The van der Waals surface area contributed by atoms with Crippen molar-refractivity contribution in [1.82, 2.24) is 4.90 Å². The number of esters is 1. The molecule has 0 bridgehead atoms. The second kappa shape index (κ2) is 7.68. The molecule has 2 atom stereocenters. The minimum Gasteiger partial charge on any atom is -0.426 e. The molecule has 2 aliphatic rings. The van der Waals surface area contributed by atoms with Gasteiger partial charge < -0.3 is 10.1 Å². The predicted octanol–water partition coefficient (Wildman–Crippen LogP) is 2.12. The molecule has 7 heteroatoms. The molecule has 1 heterocycles. The Bertz CT molecular complexity index is 704. The van der Waals surface area contributed by atoms with E-state index < -0.39 is 5.97 Å². The second-order valence-electron chi connectivity index (χ2n) is 6.76. The molecule has 1 aromatic carbocycles. The molecular formula is C19H22N2O5. The average Bonchev–Trinajstić information content (AvgIpc) is 2.86. The predicted molar refractivity (Wildman–Crippen MR) is 93.2 cm³/mol. The molecule has 1 saturated carbocycles. The smallest absolute Gasteiger partial charge is 0.312 e. The van der Waals surface area contributed by atoms with Gasteiger partial charge in [0.1, 0.15) is 5.75 Å². The first-order valence-electron chi connectivity index (χ1n) is 8.89. The number of hydrogen-bond acceptors (Lipinski definition) is 5. The van der Waals surface area contributed by atoms with Crippen molar-refractivity contribution >= 4 is 29.4 Å². The van der Waals surface area contributed by atoms with Gasteiger partial charge in [0.15, 0.2) is 0 Å². The number of imide groups is 1. The molecule has 1 aliphatic heterocycles. The van der Waals surface area contributed by atoms with E-state index in [1.54, 1.807) is 24.3 Å². The lowest BCUT2D eigenvalue weighted by Crippen LogP contribution is -2.33. The summed E-state index contributed by atoms with van der Waals surface area (Å²) in [5, 5.41) is 2.62. The summed E-state index contributed by atoms with van der Waals surface area (Å²) in [6.45, 7) is 1.47. The first kappa shape index (κ1) is 18.1. The largest absolute Gasteiger partial charge is 0.426 e. The van der Waals surface area contributed by atoms with Gasteiger partial charge in [-0.1, -0.05) is 12.8 Å². The Morgan fingerprint density at radius 2 is 1.65 bits per heavy atom. The van der Waals surface area contributed by atoms with E-state index in [1.807, 2.05) is 0 Å². The summed E-state index contributed by atoms with van der Waals surface area (Å²) < 4.78 is 5.22. The number of benzene rings is 1. The maximum atomic E-state index is 12.4. The maximum absolute atomic E-state index is 12.4. The first-order chi connectivity index (χ1) is 12.5. The third-order valence-corrected chi connectivity index (χ3v) is 4.88. The Kier molecular flexibility index (Phi) is 5.35. The molecule has 138 valence electrons. The summed E-state index contributed by atoms with van der Waals surface area (Å²) in [6.07, 6.45) is 3.44. The van der Waals surface area contributed by atoms with Crippen LogP contribution in [-0.2, 0) is 19.2 Å². The fourth-order valence-corrected chi connectivity index (χ4v) is 3.65. The van der Waals surface area contributed by atoms with Crippen molar-refractivity contribution in [3.05, 3.63) is 24.3 Å². The summed E-state index contributed by atoms with van der Waals surface area (Å²) >= 11 is 0.